The van der Waals surface area contributed by atoms with E-state index in [1.54, 1.807) is 0 Å². The summed E-state index contributed by atoms with van der Waals surface area (Å²) in [6, 6.07) is 17.3. The van der Waals surface area contributed by atoms with Crippen LogP contribution in [0.5, 0.6) is 0 Å². The second-order valence-electron chi connectivity index (χ2n) is 10.5. The fourth-order valence-corrected chi connectivity index (χ4v) is 6.11. The van der Waals surface area contributed by atoms with Crippen molar-refractivity contribution in [3.05, 3.63) is 71.3 Å². The van der Waals surface area contributed by atoms with Gasteiger partial charge in [0.05, 0.1) is 0 Å². The van der Waals surface area contributed by atoms with Crippen molar-refractivity contribution in [3.63, 3.8) is 0 Å². The number of aryl methyl sites for hydroxylation is 1. The third-order valence-electron chi connectivity index (χ3n) is 8.22. The minimum Gasteiger partial charge on any atom is -0.339 e. The molecule has 3 fully saturated rings. The Balaban J connectivity index is 1.34. The van der Waals surface area contributed by atoms with Crippen molar-refractivity contribution in [2.75, 3.05) is 39.3 Å². The van der Waals surface area contributed by atoms with Crippen molar-refractivity contribution in [1.29, 1.82) is 0 Å². The van der Waals surface area contributed by atoms with Crippen LogP contribution in [-0.2, 0) is 11.2 Å². The molecule has 0 spiro atoms. The molecule has 1 N–H and O–H groups in total. The number of nitrogens with zero attached hydrogens (tertiary/aromatic N) is 3. The van der Waals surface area contributed by atoms with Crippen molar-refractivity contribution >= 4 is 17.8 Å². The van der Waals surface area contributed by atoms with Gasteiger partial charge in [0, 0.05) is 38.2 Å². The van der Waals surface area contributed by atoms with E-state index in [4.69, 9.17) is 0 Å². The zero-order valence-corrected chi connectivity index (χ0v) is 21.1. The number of amides is 4. The summed E-state index contributed by atoms with van der Waals surface area (Å²) < 4.78 is 0. The molecule has 5 rings (SSSR count). The molecule has 2 aromatic carbocycles. The first-order valence-electron chi connectivity index (χ1n) is 13.2. The van der Waals surface area contributed by atoms with Crippen LogP contribution in [0.3, 0.4) is 0 Å². The number of nitrogens with one attached hydrogen (secondary N) is 1. The standard InChI is InChI=1S/C29H36N4O3/c1-22-9-5-6-12-25(22)26(34)32-17-13-24(14-18-32)29(21-23-10-3-2-4-11-23)27(35)33(28(36)30-29)20-19-31-15-7-8-16-31/h2-6,9-12,24H,7-8,13-21H2,1H3,(H,30,36)/t29-/m1/s1. The summed E-state index contributed by atoms with van der Waals surface area (Å²) in [4.78, 5) is 45.9. The monoisotopic (exact) mass is 488 g/mol. The number of carbonyl (C=O) groups is 3. The molecule has 3 saturated heterocycles. The topological polar surface area (TPSA) is 73.0 Å². The fourth-order valence-electron chi connectivity index (χ4n) is 6.11. The van der Waals surface area contributed by atoms with Crippen LogP contribution in [0.2, 0.25) is 0 Å². The van der Waals surface area contributed by atoms with Crippen molar-refractivity contribution in [2.24, 2.45) is 5.92 Å². The lowest BCUT2D eigenvalue weighted by atomic mass is 9.73. The maximum absolute atomic E-state index is 14.0. The second-order valence-corrected chi connectivity index (χ2v) is 10.5. The van der Waals surface area contributed by atoms with Crippen LogP contribution < -0.4 is 5.32 Å². The average molecular weight is 489 g/mol. The Morgan fingerprint density at radius 1 is 0.917 bits per heavy atom. The molecule has 7 nitrogen and oxygen atoms in total. The number of benzene rings is 2. The summed E-state index contributed by atoms with van der Waals surface area (Å²) >= 11 is 0. The normalized spacial score (nSPS) is 23.4. The van der Waals surface area contributed by atoms with E-state index in [0.717, 1.165) is 36.3 Å². The molecule has 0 bridgehead atoms. The van der Waals surface area contributed by atoms with Crippen LogP contribution in [-0.4, -0.2) is 77.4 Å². The fraction of sp³-hybridized carbons (Fsp3) is 0.483. The van der Waals surface area contributed by atoms with E-state index >= 15 is 0 Å². The highest BCUT2D eigenvalue weighted by atomic mass is 16.2. The summed E-state index contributed by atoms with van der Waals surface area (Å²) in [5.74, 6) is -0.108. The lowest BCUT2D eigenvalue weighted by Crippen LogP contribution is -2.58. The van der Waals surface area contributed by atoms with E-state index in [9.17, 15) is 14.4 Å². The first-order chi connectivity index (χ1) is 17.5. The van der Waals surface area contributed by atoms with E-state index in [1.807, 2.05) is 66.4 Å². The molecule has 3 aliphatic heterocycles. The highest BCUT2D eigenvalue weighted by Gasteiger charge is 2.56. The van der Waals surface area contributed by atoms with Crippen LogP contribution in [0.1, 0.15) is 47.2 Å². The highest BCUT2D eigenvalue weighted by molar-refractivity contribution is 6.07. The Hall–Kier alpha value is -3.19. The van der Waals surface area contributed by atoms with Gasteiger partial charge in [-0.2, -0.15) is 0 Å². The molecule has 0 aliphatic carbocycles. The molecule has 1 atom stereocenters. The number of hydrogen-bond acceptors (Lipinski definition) is 4. The Morgan fingerprint density at radius 2 is 1.58 bits per heavy atom. The predicted octanol–water partition coefficient (Wildman–Crippen LogP) is 3.48. The van der Waals surface area contributed by atoms with E-state index in [1.165, 1.54) is 17.7 Å². The smallest absolute Gasteiger partial charge is 0.325 e. The van der Waals surface area contributed by atoms with Crippen molar-refractivity contribution < 1.29 is 14.4 Å². The minimum atomic E-state index is -0.971. The lowest BCUT2D eigenvalue weighted by molar-refractivity contribution is -0.134. The molecule has 3 heterocycles. The predicted molar refractivity (Wildman–Crippen MR) is 139 cm³/mol. The maximum Gasteiger partial charge on any atom is 0.325 e. The molecule has 0 aromatic heterocycles. The number of piperidine rings is 1. The van der Waals surface area contributed by atoms with Gasteiger partial charge in [0.1, 0.15) is 5.54 Å². The van der Waals surface area contributed by atoms with Crippen molar-refractivity contribution in [3.8, 4) is 0 Å². The Kier molecular flexibility index (Phi) is 7.10. The molecule has 3 aliphatic rings. The van der Waals surface area contributed by atoms with Gasteiger partial charge in [-0.05, 0) is 68.8 Å². The van der Waals surface area contributed by atoms with E-state index in [2.05, 4.69) is 10.2 Å². The average Bonchev–Trinajstić information content (AvgIpc) is 3.50. The maximum atomic E-state index is 14.0. The first kappa shape index (κ1) is 24.5. The van der Waals surface area contributed by atoms with Gasteiger partial charge >= 0.3 is 6.03 Å². The molecule has 0 unspecified atom stereocenters. The van der Waals surface area contributed by atoms with Gasteiger partial charge in [-0.15, -0.1) is 0 Å². The molecular formula is C29H36N4O3. The third kappa shape index (κ3) is 4.76. The molecular weight excluding hydrogens is 452 g/mol. The molecule has 7 heteroatoms. The Bertz CT molecular complexity index is 1110. The number of imide groups is 1. The Morgan fingerprint density at radius 3 is 2.28 bits per heavy atom. The molecule has 0 saturated carbocycles. The molecule has 0 radical (unpaired) electrons. The first-order valence-corrected chi connectivity index (χ1v) is 13.2. The summed E-state index contributed by atoms with van der Waals surface area (Å²) in [5, 5.41) is 3.16. The zero-order valence-electron chi connectivity index (χ0n) is 21.1. The van der Waals surface area contributed by atoms with Gasteiger partial charge in [0.25, 0.3) is 11.8 Å². The van der Waals surface area contributed by atoms with Gasteiger partial charge in [-0.1, -0.05) is 48.5 Å². The Labute approximate surface area is 213 Å². The van der Waals surface area contributed by atoms with Gasteiger partial charge in [-0.25, -0.2) is 4.79 Å². The van der Waals surface area contributed by atoms with Crippen molar-refractivity contribution in [2.45, 2.75) is 44.6 Å². The van der Waals surface area contributed by atoms with Gasteiger partial charge in [0.2, 0.25) is 0 Å². The number of likely N-dealkylation sites (tertiary alicyclic amines) is 2. The van der Waals surface area contributed by atoms with E-state index in [-0.39, 0.29) is 23.8 Å². The van der Waals surface area contributed by atoms with Crippen LogP contribution in [0.15, 0.2) is 54.6 Å². The largest absolute Gasteiger partial charge is 0.339 e. The van der Waals surface area contributed by atoms with E-state index < -0.39 is 5.54 Å². The third-order valence-corrected chi connectivity index (χ3v) is 8.22. The number of rotatable bonds is 7. The van der Waals surface area contributed by atoms with Crippen LogP contribution in [0, 0.1) is 12.8 Å². The molecule has 4 amide bonds. The zero-order chi connectivity index (χ0) is 25.1. The SMILES string of the molecule is Cc1ccccc1C(=O)N1CCC([C@@]2(Cc3ccccc3)NC(=O)N(CCN3CCCC3)C2=O)CC1. The summed E-state index contributed by atoms with van der Waals surface area (Å²) in [7, 11) is 0. The van der Waals surface area contributed by atoms with Crippen LogP contribution in [0.25, 0.3) is 0 Å². The molecule has 190 valence electrons. The van der Waals surface area contributed by atoms with Crippen molar-refractivity contribution in [1.82, 2.24) is 20.0 Å². The minimum absolute atomic E-state index is 0.0353. The number of hydrogen-bond donors (Lipinski definition) is 1. The lowest BCUT2D eigenvalue weighted by Gasteiger charge is -2.41. The second kappa shape index (κ2) is 10.4. The summed E-state index contributed by atoms with van der Waals surface area (Å²) in [6.45, 7) is 6.32. The molecule has 36 heavy (non-hydrogen) atoms. The van der Waals surface area contributed by atoms with Gasteiger partial charge in [-0.3, -0.25) is 14.5 Å². The highest BCUT2D eigenvalue weighted by Crippen LogP contribution is 2.37. The number of carbonyl (C=O) groups excluding carboxylic acids is 3. The summed E-state index contributed by atoms with van der Waals surface area (Å²) in [6.07, 6.45) is 4.18. The van der Waals surface area contributed by atoms with Gasteiger partial charge < -0.3 is 15.1 Å². The summed E-state index contributed by atoms with van der Waals surface area (Å²) in [5.41, 5.74) is 1.76. The van der Waals surface area contributed by atoms with Crippen LogP contribution >= 0.6 is 0 Å². The number of urea groups is 1. The quantitative estimate of drug-likeness (QED) is 0.606. The molecule has 2 aromatic rings. The van der Waals surface area contributed by atoms with E-state index in [0.29, 0.717) is 38.9 Å². The van der Waals surface area contributed by atoms with Crippen LogP contribution in [0.4, 0.5) is 4.79 Å². The van der Waals surface area contributed by atoms with Gasteiger partial charge in [0.15, 0.2) is 0 Å².